The van der Waals surface area contributed by atoms with E-state index in [1.165, 1.54) is 0 Å². The second kappa shape index (κ2) is 5.95. The Morgan fingerprint density at radius 1 is 1.24 bits per heavy atom. The first-order valence-corrected chi connectivity index (χ1v) is 7.46. The summed E-state index contributed by atoms with van der Waals surface area (Å²) in [4.78, 5) is 0. The zero-order valence-corrected chi connectivity index (χ0v) is 12.8. The van der Waals surface area contributed by atoms with Crippen molar-refractivity contribution in [2.24, 2.45) is 5.92 Å². The highest BCUT2D eigenvalue weighted by Crippen LogP contribution is 2.29. The lowest BCUT2D eigenvalue weighted by Gasteiger charge is -2.28. The van der Waals surface area contributed by atoms with Crippen LogP contribution >= 0.6 is 0 Å². The van der Waals surface area contributed by atoms with Crippen LogP contribution in [0.5, 0.6) is 0 Å². The van der Waals surface area contributed by atoms with E-state index in [2.05, 4.69) is 46.1 Å². The number of nitrogens with zero attached hydrogens (tertiary/aromatic N) is 3. The molecule has 3 rings (SSSR count). The van der Waals surface area contributed by atoms with E-state index in [-0.39, 0.29) is 12.1 Å². The number of hydrogen-bond donors (Lipinski definition) is 1. The van der Waals surface area contributed by atoms with E-state index in [1.807, 2.05) is 18.2 Å². The first kappa shape index (κ1) is 14.2. The summed E-state index contributed by atoms with van der Waals surface area (Å²) in [6.45, 7) is 6.22. The minimum atomic E-state index is -0.168. The maximum absolute atomic E-state index is 5.70. The standard InChI is InChI=1S/C16H22N4O/c1-11(2)13-15-18-19-16(20(15)10-9-17-13)14(21-3)12-7-5-4-6-8-12/h4-8,11,13-14,17H,9-10H2,1-3H3. The minimum absolute atomic E-state index is 0.168. The van der Waals surface area contributed by atoms with Crippen molar-refractivity contribution in [3.8, 4) is 0 Å². The quantitative estimate of drug-likeness (QED) is 0.937. The van der Waals surface area contributed by atoms with Gasteiger partial charge in [0.25, 0.3) is 0 Å². The third-order valence-corrected chi connectivity index (χ3v) is 4.03. The molecule has 0 radical (unpaired) electrons. The van der Waals surface area contributed by atoms with E-state index in [0.29, 0.717) is 5.92 Å². The van der Waals surface area contributed by atoms with E-state index in [4.69, 9.17) is 4.74 Å². The number of aromatic nitrogens is 3. The van der Waals surface area contributed by atoms with Crippen LogP contribution in [0, 0.1) is 5.92 Å². The Kier molecular flexibility index (Phi) is 4.03. The number of fused-ring (bicyclic) bond motifs is 1. The second-order valence-corrected chi connectivity index (χ2v) is 5.77. The van der Waals surface area contributed by atoms with Crippen molar-refractivity contribution >= 4 is 0 Å². The Labute approximate surface area is 125 Å². The van der Waals surface area contributed by atoms with E-state index < -0.39 is 0 Å². The second-order valence-electron chi connectivity index (χ2n) is 5.77. The van der Waals surface area contributed by atoms with Gasteiger partial charge in [-0.05, 0) is 11.5 Å². The number of methoxy groups -OCH3 is 1. The molecule has 0 saturated heterocycles. The summed E-state index contributed by atoms with van der Waals surface area (Å²) < 4.78 is 7.91. The fourth-order valence-corrected chi connectivity index (χ4v) is 2.96. The molecular formula is C16H22N4O. The SMILES string of the molecule is COC(c1ccccc1)c1nnc2n1CCNC2C(C)C. The highest BCUT2D eigenvalue weighted by atomic mass is 16.5. The van der Waals surface area contributed by atoms with Gasteiger partial charge in [0.2, 0.25) is 0 Å². The first-order valence-electron chi connectivity index (χ1n) is 7.46. The summed E-state index contributed by atoms with van der Waals surface area (Å²) in [7, 11) is 1.72. The van der Waals surface area contributed by atoms with Crippen LogP contribution in [0.25, 0.3) is 0 Å². The maximum atomic E-state index is 5.70. The van der Waals surface area contributed by atoms with Crippen molar-refractivity contribution < 1.29 is 4.74 Å². The van der Waals surface area contributed by atoms with E-state index in [1.54, 1.807) is 7.11 Å². The van der Waals surface area contributed by atoms with Gasteiger partial charge in [0.15, 0.2) is 11.6 Å². The average molecular weight is 286 g/mol. The molecular weight excluding hydrogens is 264 g/mol. The summed E-state index contributed by atoms with van der Waals surface area (Å²) in [5.74, 6) is 2.40. The summed E-state index contributed by atoms with van der Waals surface area (Å²) >= 11 is 0. The summed E-state index contributed by atoms with van der Waals surface area (Å²) in [5.41, 5.74) is 1.11. The van der Waals surface area contributed by atoms with Gasteiger partial charge in [-0.25, -0.2) is 0 Å². The van der Waals surface area contributed by atoms with Gasteiger partial charge in [0.05, 0.1) is 6.04 Å². The Bertz CT molecular complexity index is 594. The molecule has 1 N–H and O–H groups in total. The monoisotopic (exact) mass is 286 g/mol. The van der Waals surface area contributed by atoms with E-state index in [9.17, 15) is 0 Å². The third kappa shape index (κ3) is 2.59. The summed E-state index contributed by atoms with van der Waals surface area (Å²) in [5, 5.41) is 12.4. The highest BCUT2D eigenvalue weighted by molar-refractivity contribution is 5.24. The number of benzene rings is 1. The molecule has 1 aromatic heterocycles. The zero-order valence-electron chi connectivity index (χ0n) is 12.8. The van der Waals surface area contributed by atoms with Crippen LogP contribution in [0.1, 0.15) is 43.2 Å². The minimum Gasteiger partial charge on any atom is -0.369 e. The first-order chi connectivity index (χ1) is 10.2. The maximum Gasteiger partial charge on any atom is 0.166 e. The van der Waals surface area contributed by atoms with Gasteiger partial charge in [0, 0.05) is 20.2 Å². The predicted octanol–water partition coefficient (Wildman–Crippen LogP) is 2.31. The Balaban J connectivity index is 2.00. The molecule has 21 heavy (non-hydrogen) atoms. The van der Waals surface area contributed by atoms with Gasteiger partial charge < -0.3 is 14.6 Å². The molecule has 112 valence electrons. The van der Waals surface area contributed by atoms with Crippen molar-refractivity contribution in [1.29, 1.82) is 0 Å². The van der Waals surface area contributed by atoms with Crippen molar-refractivity contribution in [2.45, 2.75) is 32.5 Å². The molecule has 2 atom stereocenters. The topological polar surface area (TPSA) is 52.0 Å². The lowest BCUT2D eigenvalue weighted by atomic mass is 10.0. The van der Waals surface area contributed by atoms with Crippen LogP contribution < -0.4 is 5.32 Å². The molecule has 0 bridgehead atoms. The lowest BCUT2D eigenvalue weighted by Crippen LogP contribution is -2.37. The number of rotatable bonds is 4. The van der Waals surface area contributed by atoms with Crippen LogP contribution in [0.4, 0.5) is 0 Å². The molecule has 0 saturated carbocycles. The van der Waals surface area contributed by atoms with E-state index >= 15 is 0 Å². The van der Waals surface area contributed by atoms with Crippen LogP contribution in [-0.2, 0) is 11.3 Å². The molecule has 0 fully saturated rings. The van der Waals surface area contributed by atoms with Crippen LogP contribution in [0.3, 0.4) is 0 Å². The van der Waals surface area contributed by atoms with Gasteiger partial charge in [-0.3, -0.25) is 0 Å². The predicted molar refractivity (Wildman–Crippen MR) is 80.9 cm³/mol. The molecule has 0 spiro atoms. The van der Waals surface area contributed by atoms with Gasteiger partial charge in [-0.15, -0.1) is 10.2 Å². The number of hydrogen-bond acceptors (Lipinski definition) is 4. The van der Waals surface area contributed by atoms with Gasteiger partial charge >= 0.3 is 0 Å². The number of ether oxygens (including phenoxy) is 1. The van der Waals surface area contributed by atoms with Crippen molar-refractivity contribution in [2.75, 3.05) is 13.7 Å². The van der Waals surface area contributed by atoms with Crippen molar-refractivity contribution in [3.63, 3.8) is 0 Å². The van der Waals surface area contributed by atoms with Crippen LogP contribution in [-0.4, -0.2) is 28.4 Å². The fourth-order valence-electron chi connectivity index (χ4n) is 2.96. The zero-order chi connectivity index (χ0) is 14.8. The molecule has 2 heterocycles. The Morgan fingerprint density at radius 3 is 2.67 bits per heavy atom. The molecule has 1 aliphatic rings. The molecule has 1 aliphatic heterocycles. The third-order valence-electron chi connectivity index (χ3n) is 4.03. The fraction of sp³-hybridized carbons (Fsp3) is 0.500. The average Bonchev–Trinajstić information content (AvgIpc) is 2.93. The lowest BCUT2D eigenvalue weighted by molar-refractivity contribution is 0.124. The van der Waals surface area contributed by atoms with Crippen molar-refractivity contribution in [1.82, 2.24) is 20.1 Å². The van der Waals surface area contributed by atoms with Gasteiger partial charge in [-0.1, -0.05) is 44.2 Å². The molecule has 2 aromatic rings. The van der Waals surface area contributed by atoms with Crippen LogP contribution in [0.2, 0.25) is 0 Å². The number of nitrogens with one attached hydrogen (secondary N) is 1. The van der Waals surface area contributed by atoms with Crippen LogP contribution in [0.15, 0.2) is 30.3 Å². The molecule has 5 nitrogen and oxygen atoms in total. The summed E-state index contributed by atoms with van der Waals surface area (Å²) in [6.07, 6.45) is -0.168. The summed E-state index contributed by atoms with van der Waals surface area (Å²) in [6, 6.07) is 10.4. The molecule has 1 aromatic carbocycles. The van der Waals surface area contributed by atoms with Gasteiger partial charge in [0.1, 0.15) is 6.10 Å². The normalized spacial score (nSPS) is 19.5. The Morgan fingerprint density at radius 2 is 2.00 bits per heavy atom. The highest BCUT2D eigenvalue weighted by Gasteiger charge is 2.30. The van der Waals surface area contributed by atoms with E-state index in [0.717, 1.165) is 30.3 Å². The molecule has 0 amide bonds. The Hall–Kier alpha value is -1.72. The molecule has 5 heteroatoms. The smallest absolute Gasteiger partial charge is 0.166 e. The largest absolute Gasteiger partial charge is 0.369 e. The molecule has 0 aliphatic carbocycles. The molecule has 2 unspecified atom stereocenters. The van der Waals surface area contributed by atoms with Crippen molar-refractivity contribution in [3.05, 3.63) is 47.5 Å². The van der Waals surface area contributed by atoms with Gasteiger partial charge in [-0.2, -0.15) is 0 Å².